The van der Waals surface area contributed by atoms with Crippen molar-refractivity contribution in [2.24, 2.45) is 0 Å². The molecule has 0 unspecified atom stereocenters. The van der Waals surface area contributed by atoms with Gasteiger partial charge in [-0.15, -0.1) is 0 Å². The maximum absolute atomic E-state index is 13.1. The molecule has 0 radical (unpaired) electrons. The van der Waals surface area contributed by atoms with Gasteiger partial charge in [-0.2, -0.15) is 13.2 Å². The molecule has 1 heterocycles. The number of unbranched alkanes of at least 4 members (excludes halogenated alkanes) is 1. The molecule has 0 aliphatic heterocycles. The van der Waals surface area contributed by atoms with Crippen LogP contribution in [0, 0.1) is 0 Å². The smallest absolute Gasteiger partial charge is 0.418 e. The van der Waals surface area contributed by atoms with Crippen LogP contribution in [0.15, 0.2) is 23.0 Å². The molecule has 7 heteroatoms. The minimum absolute atomic E-state index is 0.0311. The highest BCUT2D eigenvalue weighted by Crippen LogP contribution is 2.33. The molecule has 0 atom stereocenters. The zero-order valence-corrected chi connectivity index (χ0v) is 11.8. The van der Waals surface area contributed by atoms with E-state index in [0.29, 0.717) is 6.42 Å². The third kappa shape index (κ3) is 2.84. The quantitative estimate of drug-likeness (QED) is 0.906. The van der Waals surface area contributed by atoms with Gasteiger partial charge in [-0.1, -0.05) is 19.4 Å². The molecule has 0 saturated carbocycles. The van der Waals surface area contributed by atoms with Crippen LogP contribution >= 0.6 is 0 Å². The van der Waals surface area contributed by atoms with Crippen molar-refractivity contribution in [1.82, 2.24) is 4.98 Å². The maximum Gasteiger partial charge on any atom is 0.418 e. The van der Waals surface area contributed by atoms with Crippen LogP contribution < -0.4 is 5.43 Å². The number of carboxylic acids is 1. The molecule has 1 aromatic carbocycles. The van der Waals surface area contributed by atoms with E-state index >= 15 is 0 Å². The molecule has 0 spiro atoms. The first-order valence-corrected chi connectivity index (χ1v) is 6.75. The Morgan fingerprint density at radius 1 is 1.32 bits per heavy atom. The van der Waals surface area contributed by atoms with E-state index in [0.717, 1.165) is 18.6 Å². The van der Waals surface area contributed by atoms with Crippen LogP contribution in [0.3, 0.4) is 0 Å². The number of halogens is 3. The molecule has 22 heavy (non-hydrogen) atoms. The number of rotatable bonds is 4. The van der Waals surface area contributed by atoms with Gasteiger partial charge in [0.15, 0.2) is 0 Å². The molecule has 0 saturated heterocycles. The standard InChI is InChI=1S/C15H14F3NO3/c1-2-3-7-10-11(14(21)22)13(20)8-5-4-6-9(12(8)19-10)15(16,17)18/h4-6H,2-3,7H2,1H3,(H,19,20)(H,21,22). The highest BCUT2D eigenvalue weighted by atomic mass is 19.4. The SMILES string of the molecule is CCCCc1[nH]c2c(C(F)(F)F)cccc2c(=O)c1C(=O)O. The number of benzene rings is 1. The van der Waals surface area contributed by atoms with Crippen molar-refractivity contribution in [1.29, 1.82) is 0 Å². The number of fused-ring (bicyclic) bond motifs is 1. The summed E-state index contributed by atoms with van der Waals surface area (Å²) >= 11 is 0. The highest BCUT2D eigenvalue weighted by Gasteiger charge is 2.34. The lowest BCUT2D eigenvalue weighted by Gasteiger charge is -2.13. The molecule has 0 aliphatic rings. The average Bonchev–Trinajstić information content (AvgIpc) is 2.43. The number of para-hydroxylation sites is 1. The van der Waals surface area contributed by atoms with Crippen molar-refractivity contribution < 1.29 is 23.1 Å². The summed E-state index contributed by atoms with van der Waals surface area (Å²) < 4.78 is 39.2. The lowest BCUT2D eigenvalue weighted by atomic mass is 10.0. The van der Waals surface area contributed by atoms with Crippen molar-refractivity contribution in [3.8, 4) is 0 Å². The summed E-state index contributed by atoms with van der Waals surface area (Å²) in [5.41, 5.74) is -2.69. The van der Waals surface area contributed by atoms with Gasteiger partial charge < -0.3 is 10.1 Å². The Morgan fingerprint density at radius 2 is 2.00 bits per heavy atom. The van der Waals surface area contributed by atoms with Gasteiger partial charge in [0.25, 0.3) is 0 Å². The number of alkyl halides is 3. The zero-order chi connectivity index (χ0) is 16.5. The first-order chi connectivity index (χ1) is 10.3. The first kappa shape index (κ1) is 16.1. The third-order valence-corrected chi connectivity index (χ3v) is 3.41. The number of aromatic carboxylic acids is 1. The molecule has 0 fully saturated rings. The summed E-state index contributed by atoms with van der Waals surface area (Å²) in [6.45, 7) is 1.86. The number of hydrogen-bond acceptors (Lipinski definition) is 2. The molecular weight excluding hydrogens is 299 g/mol. The van der Waals surface area contributed by atoms with Crippen molar-refractivity contribution in [2.45, 2.75) is 32.4 Å². The van der Waals surface area contributed by atoms with Gasteiger partial charge in [0.2, 0.25) is 5.43 Å². The fraction of sp³-hybridized carbons (Fsp3) is 0.333. The predicted molar refractivity (Wildman–Crippen MR) is 75.1 cm³/mol. The Balaban J connectivity index is 2.85. The second kappa shape index (κ2) is 5.82. The summed E-state index contributed by atoms with van der Waals surface area (Å²) in [4.78, 5) is 26.1. The first-order valence-electron chi connectivity index (χ1n) is 6.75. The van der Waals surface area contributed by atoms with E-state index in [4.69, 9.17) is 0 Å². The minimum Gasteiger partial charge on any atom is -0.477 e. The number of H-pyrrole nitrogens is 1. The Kier molecular flexibility index (Phi) is 4.25. The van der Waals surface area contributed by atoms with Crippen LogP contribution in [0.1, 0.15) is 41.4 Å². The summed E-state index contributed by atoms with van der Waals surface area (Å²) in [6.07, 6.45) is -3.14. The number of carbonyl (C=O) groups is 1. The van der Waals surface area contributed by atoms with E-state index in [1.165, 1.54) is 6.07 Å². The highest BCUT2D eigenvalue weighted by molar-refractivity contribution is 5.94. The van der Waals surface area contributed by atoms with E-state index < -0.39 is 28.7 Å². The van der Waals surface area contributed by atoms with Gasteiger partial charge in [-0.25, -0.2) is 4.79 Å². The topological polar surface area (TPSA) is 70.2 Å². The van der Waals surface area contributed by atoms with Crippen molar-refractivity contribution >= 4 is 16.9 Å². The molecular formula is C15H14F3NO3. The fourth-order valence-corrected chi connectivity index (χ4v) is 2.36. The molecule has 0 bridgehead atoms. The number of aromatic amines is 1. The van der Waals surface area contributed by atoms with Crippen LogP contribution in [0.4, 0.5) is 13.2 Å². The lowest BCUT2D eigenvalue weighted by molar-refractivity contribution is -0.136. The molecule has 2 aromatic rings. The number of carboxylic acid groups (broad SMARTS) is 1. The lowest BCUT2D eigenvalue weighted by Crippen LogP contribution is -2.21. The second-order valence-electron chi connectivity index (χ2n) is 4.94. The maximum atomic E-state index is 13.1. The summed E-state index contributed by atoms with van der Waals surface area (Å²) in [6, 6.07) is 3.15. The Morgan fingerprint density at radius 3 is 2.55 bits per heavy atom. The van der Waals surface area contributed by atoms with E-state index in [1.807, 2.05) is 6.92 Å². The molecule has 0 amide bonds. The van der Waals surface area contributed by atoms with Gasteiger partial charge in [0.1, 0.15) is 5.56 Å². The fourth-order valence-electron chi connectivity index (χ4n) is 2.36. The minimum atomic E-state index is -4.63. The third-order valence-electron chi connectivity index (χ3n) is 3.41. The summed E-state index contributed by atoms with van der Waals surface area (Å²) in [5, 5.41) is 8.92. The number of aryl methyl sites for hydroxylation is 1. The van der Waals surface area contributed by atoms with Gasteiger partial charge >= 0.3 is 12.1 Å². The zero-order valence-electron chi connectivity index (χ0n) is 11.8. The summed E-state index contributed by atoms with van der Waals surface area (Å²) in [7, 11) is 0. The van der Waals surface area contributed by atoms with E-state index in [1.54, 1.807) is 0 Å². The van der Waals surface area contributed by atoms with Gasteiger partial charge in [-0.05, 0) is 25.0 Å². The van der Waals surface area contributed by atoms with E-state index in [-0.39, 0.29) is 23.0 Å². The number of nitrogens with one attached hydrogen (secondary N) is 1. The van der Waals surface area contributed by atoms with Crippen LogP contribution in [-0.2, 0) is 12.6 Å². The number of aromatic nitrogens is 1. The molecule has 2 N–H and O–H groups in total. The Hall–Kier alpha value is -2.31. The Labute approximate surface area is 123 Å². The predicted octanol–water partition coefficient (Wildman–Crippen LogP) is 3.59. The van der Waals surface area contributed by atoms with Crippen LogP contribution in [0.25, 0.3) is 10.9 Å². The van der Waals surface area contributed by atoms with Crippen LogP contribution in [0.5, 0.6) is 0 Å². The largest absolute Gasteiger partial charge is 0.477 e. The normalized spacial score (nSPS) is 11.8. The molecule has 2 rings (SSSR count). The monoisotopic (exact) mass is 313 g/mol. The van der Waals surface area contributed by atoms with Gasteiger partial charge in [0, 0.05) is 11.1 Å². The molecule has 1 aromatic heterocycles. The second-order valence-corrected chi connectivity index (χ2v) is 4.94. The number of hydrogen-bond donors (Lipinski definition) is 2. The molecule has 4 nitrogen and oxygen atoms in total. The van der Waals surface area contributed by atoms with Gasteiger partial charge in [0.05, 0.1) is 11.1 Å². The van der Waals surface area contributed by atoms with Crippen molar-refractivity contribution in [3.05, 3.63) is 45.2 Å². The van der Waals surface area contributed by atoms with Crippen LogP contribution in [0.2, 0.25) is 0 Å². The van der Waals surface area contributed by atoms with Crippen molar-refractivity contribution in [2.75, 3.05) is 0 Å². The van der Waals surface area contributed by atoms with E-state index in [2.05, 4.69) is 4.98 Å². The van der Waals surface area contributed by atoms with Crippen LogP contribution in [-0.4, -0.2) is 16.1 Å². The molecule has 0 aliphatic carbocycles. The summed E-state index contributed by atoms with van der Waals surface area (Å²) in [5.74, 6) is -1.44. The average molecular weight is 313 g/mol. The van der Waals surface area contributed by atoms with Crippen molar-refractivity contribution in [3.63, 3.8) is 0 Å². The van der Waals surface area contributed by atoms with E-state index in [9.17, 15) is 27.9 Å². The number of pyridine rings is 1. The molecule has 118 valence electrons. The Bertz CT molecular complexity index is 778. The van der Waals surface area contributed by atoms with Gasteiger partial charge in [-0.3, -0.25) is 4.79 Å².